The number of hydrogen-bond donors (Lipinski definition) is 1. The molecule has 0 amide bonds. The lowest BCUT2D eigenvalue weighted by atomic mass is 10.2. The zero-order valence-electron chi connectivity index (χ0n) is 13.7. The van der Waals surface area contributed by atoms with E-state index in [0.29, 0.717) is 12.2 Å². The zero-order valence-corrected chi connectivity index (χ0v) is 14.5. The molecule has 0 rings (SSSR count). The Morgan fingerprint density at radius 3 is 1.96 bits per heavy atom. The molecule has 1 unspecified atom stereocenters. The van der Waals surface area contributed by atoms with Crippen LogP contribution in [0.1, 0.15) is 26.2 Å². The number of esters is 1. The topological polar surface area (TPSA) is 158 Å². The minimum Gasteiger partial charge on any atom is -0.452 e. The van der Waals surface area contributed by atoms with Crippen molar-refractivity contribution in [1.29, 1.82) is 0 Å². The van der Waals surface area contributed by atoms with Crippen molar-refractivity contribution < 1.29 is 48.3 Å². The first-order valence-electron chi connectivity index (χ1n) is 6.95. The van der Waals surface area contributed by atoms with Crippen molar-refractivity contribution in [3.05, 3.63) is 0 Å². The Morgan fingerprint density at radius 1 is 0.920 bits per heavy atom. The van der Waals surface area contributed by atoms with Crippen molar-refractivity contribution in [2.75, 3.05) is 18.6 Å². The molecule has 0 aliphatic heterocycles. The van der Waals surface area contributed by atoms with Crippen molar-refractivity contribution in [1.82, 2.24) is 0 Å². The van der Waals surface area contributed by atoms with Gasteiger partial charge in [-0.3, -0.25) is 4.79 Å². The monoisotopic (exact) mass is 381 g/mol. The minimum atomic E-state index is -1.14. The lowest BCUT2D eigenvalue weighted by Gasteiger charge is -2.09. The first kappa shape index (κ1) is 22.7. The van der Waals surface area contributed by atoms with Crippen LogP contribution in [0.15, 0.2) is 0 Å². The maximum atomic E-state index is 11.4. The number of thioether (sulfide) groups is 1. The van der Waals surface area contributed by atoms with Gasteiger partial charge in [0.05, 0.1) is 12.8 Å². The maximum absolute atomic E-state index is 11.4. The van der Waals surface area contributed by atoms with Crippen molar-refractivity contribution in [2.45, 2.75) is 32.2 Å². The molecule has 0 heterocycles. The van der Waals surface area contributed by atoms with Crippen LogP contribution in [-0.4, -0.2) is 54.5 Å². The third-order valence-corrected chi connectivity index (χ3v) is 2.92. The fourth-order valence-corrected chi connectivity index (χ4v) is 1.60. The van der Waals surface area contributed by atoms with Gasteiger partial charge in [0.15, 0.2) is 6.61 Å². The Labute approximate surface area is 147 Å². The predicted molar refractivity (Wildman–Crippen MR) is 81.2 cm³/mol. The van der Waals surface area contributed by atoms with Gasteiger partial charge in [0.25, 0.3) is 0 Å². The lowest BCUT2D eigenvalue weighted by Crippen LogP contribution is -2.34. The van der Waals surface area contributed by atoms with E-state index in [4.69, 9.17) is 5.73 Å². The van der Waals surface area contributed by atoms with Crippen molar-refractivity contribution in [3.63, 3.8) is 0 Å². The largest absolute Gasteiger partial charge is 0.452 e. The van der Waals surface area contributed by atoms with Gasteiger partial charge in [-0.15, -0.1) is 0 Å². The fourth-order valence-electron chi connectivity index (χ4n) is 1.11. The summed E-state index contributed by atoms with van der Waals surface area (Å²) < 4.78 is 4.59. The highest BCUT2D eigenvalue weighted by Crippen LogP contribution is 2.01. The number of hydrogen-bond acceptors (Lipinski definition) is 12. The first-order valence-corrected chi connectivity index (χ1v) is 8.34. The van der Waals surface area contributed by atoms with Crippen LogP contribution in [0.5, 0.6) is 0 Å². The molecule has 12 heteroatoms. The second-order valence-electron chi connectivity index (χ2n) is 4.44. The fraction of sp³-hybridized carbons (Fsp3) is 0.615. The number of rotatable bonds is 9. The van der Waals surface area contributed by atoms with Gasteiger partial charge in [-0.25, -0.2) is 38.7 Å². The van der Waals surface area contributed by atoms with Gasteiger partial charge in [-0.2, -0.15) is 11.8 Å². The molecule has 0 aliphatic carbocycles. The Balaban J connectivity index is 3.86. The molecule has 0 aromatic heterocycles. The van der Waals surface area contributed by atoms with Crippen LogP contribution in [0.25, 0.3) is 0 Å². The molecule has 142 valence electrons. The summed E-state index contributed by atoms with van der Waals surface area (Å²) in [7, 11) is 0. The maximum Gasteiger partial charge on any atom is 0.392 e. The molecule has 0 fully saturated rings. The minimum absolute atomic E-state index is 0.382. The summed E-state index contributed by atoms with van der Waals surface area (Å²) in [5, 5.41) is 0. The molecule has 1 atom stereocenters. The van der Waals surface area contributed by atoms with Gasteiger partial charge >= 0.3 is 29.8 Å². The van der Waals surface area contributed by atoms with Crippen LogP contribution in [-0.2, 0) is 48.3 Å². The first-order chi connectivity index (χ1) is 11.8. The zero-order chi connectivity index (χ0) is 19.2. The smallest absolute Gasteiger partial charge is 0.392 e. The molecule has 25 heavy (non-hydrogen) atoms. The van der Waals surface area contributed by atoms with E-state index in [2.05, 4.69) is 24.3 Å². The molecular formula is C13H19NO10S. The average molecular weight is 381 g/mol. The molecule has 0 aliphatic rings. The second kappa shape index (κ2) is 13.0. The summed E-state index contributed by atoms with van der Waals surface area (Å²) in [6.45, 7) is 0.233. The summed E-state index contributed by atoms with van der Waals surface area (Å²) >= 11 is 1.50. The van der Waals surface area contributed by atoms with E-state index in [0.717, 1.165) is 6.92 Å². The normalized spacial score (nSPS) is 11.0. The Morgan fingerprint density at radius 2 is 1.44 bits per heavy atom. The Hall–Kier alpha value is -2.34. The summed E-state index contributed by atoms with van der Waals surface area (Å²) in [6.07, 6.45) is 1.27. The van der Waals surface area contributed by atoms with E-state index in [1.54, 1.807) is 0 Å². The van der Waals surface area contributed by atoms with Crippen LogP contribution in [0.4, 0.5) is 0 Å². The van der Waals surface area contributed by atoms with Gasteiger partial charge < -0.3 is 10.5 Å². The van der Waals surface area contributed by atoms with Gasteiger partial charge in [0.1, 0.15) is 6.04 Å². The van der Waals surface area contributed by atoms with Crippen molar-refractivity contribution >= 4 is 41.6 Å². The van der Waals surface area contributed by atoms with E-state index in [9.17, 15) is 24.0 Å². The molecular weight excluding hydrogens is 362 g/mol. The molecule has 0 radical (unpaired) electrons. The highest BCUT2D eigenvalue weighted by atomic mass is 32.2. The van der Waals surface area contributed by atoms with Crippen LogP contribution in [0.3, 0.4) is 0 Å². The van der Waals surface area contributed by atoms with Crippen molar-refractivity contribution in [3.8, 4) is 0 Å². The molecule has 2 N–H and O–H groups in total. The SMILES string of the molecule is CSCCC(N)C(=O)OCC(=O)OOC(=O)CCC(=O)OOC(C)=O. The summed E-state index contributed by atoms with van der Waals surface area (Å²) in [5.41, 5.74) is 5.52. The van der Waals surface area contributed by atoms with Crippen molar-refractivity contribution in [2.24, 2.45) is 5.73 Å². The lowest BCUT2D eigenvalue weighted by molar-refractivity contribution is -0.263. The molecule has 0 bridgehead atoms. The van der Waals surface area contributed by atoms with E-state index in [1.807, 2.05) is 6.26 Å². The molecule has 0 aromatic carbocycles. The van der Waals surface area contributed by atoms with Gasteiger partial charge in [-0.05, 0) is 18.4 Å². The molecule has 0 saturated carbocycles. The number of carbonyl (C=O) groups excluding carboxylic acids is 5. The number of nitrogens with two attached hydrogens (primary N) is 1. The highest BCUT2D eigenvalue weighted by Gasteiger charge is 2.18. The van der Waals surface area contributed by atoms with E-state index < -0.39 is 55.3 Å². The van der Waals surface area contributed by atoms with E-state index >= 15 is 0 Å². The Kier molecular flexibility index (Phi) is 11.8. The van der Waals surface area contributed by atoms with Gasteiger partial charge in [0, 0.05) is 6.92 Å². The van der Waals surface area contributed by atoms with E-state index in [1.165, 1.54) is 11.8 Å². The molecule has 11 nitrogen and oxygen atoms in total. The van der Waals surface area contributed by atoms with Crippen LogP contribution >= 0.6 is 11.8 Å². The third-order valence-electron chi connectivity index (χ3n) is 2.28. The van der Waals surface area contributed by atoms with Gasteiger partial charge in [-0.1, -0.05) is 0 Å². The third kappa shape index (κ3) is 12.7. The summed E-state index contributed by atoms with van der Waals surface area (Å²) in [4.78, 5) is 71.4. The van der Waals surface area contributed by atoms with Crippen LogP contribution in [0, 0.1) is 0 Å². The number of carbonyl (C=O) groups is 5. The predicted octanol–water partition coefficient (Wildman–Crippen LogP) is -0.587. The van der Waals surface area contributed by atoms with E-state index in [-0.39, 0.29) is 0 Å². The quantitative estimate of drug-likeness (QED) is 0.308. The molecule has 0 aromatic rings. The highest BCUT2D eigenvalue weighted by molar-refractivity contribution is 7.98. The van der Waals surface area contributed by atoms with Gasteiger partial charge in [0.2, 0.25) is 0 Å². The number of ether oxygens (including phenoxy) is 1. The average Bonchev–Trinajstić information content (AvgIpc) is 2.58. The summed E-state index contributed by atoms with van der Waals surface area (Å²) in [6, 6.07) is -0.869. The molecule has 0 saturated heterocycles. The summed E-state index contributed by atoms with van der Waals surface area (Å²) in [5.74, 6) is -4.17. The molecule has 0 spiro atoms. The Bertz CT molecular complexity index is 495. The standard InChI is InChI=1S/C13H19NO10S/c1-8(15)21-22-10(16)3-4-11(17)23-24-12(18)7-20-13(19)9(14)5-6-25-2/h9H,3-7,14H2,1-2H3. The van der Waals surface area contributed by atoms with Crippen LogP contribution in [0.2, 0.25) is 0 Å². The second-order valence-corrected chi connectivity index (χ2v) is 5.42. The van der Waals surface area contributed by atoms with Crippen LogP contribution < -0.4 is 5.73 Å².